The Morgan fingerprint density at radius 1 is 1.20 bits per heavy atom. The third-order valence-corrected chi connectivity index (χ3v) is 3.02. The summed E-state index contributed by atoms with van der Waals surface area (Å²) in [5.41, 5.74) is 2.19. The highest BCUT2D eigenvalue weighted by Gasteiger charge is 2.14. The van der Waals surface area contributed by atoms with E-state index >= 15 is 0 Å². The Bertz CT molecular complexity index is 644. The summed E-state index contributed by atoms with van der Waals surface area (Å²) < 4.78 is 13.5. The molecule has 2 aromatic carbocycles. The van der Waals surface area contributed by atoms with Gasteiger partial charge in [0.05, 0.1) is 16.7 Å². The Balaban J connectivity index is 2.49. The minimum atomic E-state index is -0.611. The first-order valence-corrected chi connectivity index (χ1v) is 6.30. The molecule has 0 saturated heterocycles. The van der Waals surface area contributed by atoms with Gasteiger partial charge in [-0.25, -0.2) is 4.39 Å². The van der Waals surface area contributed by atoms with Crippen molar-refractivity contribution in [3.05, 3.63) is 64.0 Å². The summed E-state index contributed by atoms with van der Waals surface area (Å²) in [6.07, 6.45) is 0. The quantitative estimate of drug-likeness (QED) is 0.620. The van der Waals surface area contributed by atoms with E-state index in [2.05, 4.69) is 0 Å². The summed E-state index contributed by atoms with van der Waals surface area (Å²) in [5, 5.41) is 10.8. The first-order chi connectivity index (χ1) is 9.51. The molecule has 4 nitrogen and oxygen atoms in total. The molecule has 2 rings (SSSR count). The zero-order valence-corrected chi connectivity index (χ0v) is 11.3. The van der Waals surface area contributed by atoms with Gasteiger partial charge in [-0.3, -0.25) is 10.1 Å². The highest BCUT2D eigenvalue weighted by Crippen LogP contribution is 2.29. The smallest absolute Gasteiger partial charge is 0.274 e. The summed E-state index contributed by atoms with van der Waals surface area (Å²) in [6.45, 7) is 4.47. The molecule has 104 valence electrons. The molecule has 0 radical (unpaired) electrons. The maximum atomic E-state index is 13.5. The van der Waals surface area contributed by atoms with Crippen molar-refractivity contribution >= 4 is 17.1 Å². The minimum Gasteiger partial charge on any atom is -0.341 e. The fraction of sp³-hybridized carbons (Fsp3) is 0.200. The van der Waals surface area contributed by atoms with E-state index in [4.69, 9.17) is 0 Å². The van der Waals surface area contributed by atoms with Crippen LogP contribution in [0.15, 0.2) is 42.5 Å². The number of nitrogens with zero attached hydrogens (tertiary/aromatic N) is 2. The lowest BCUT2D eigenvalue weighted by Crippen LogP contribution is -2.16. The van der Waals surface area contributed by atoms with Crippen molar-refractivity contribution in [1.82, 2.24) is 0 Å². The van der Waals surface area contributed by atoms with Gasteiger partial charge in [-0.15, -0.1) is 0 Å². The number of nitro groups is 1. The number of hydrogen-bond donors (Lipinski definition) is 0. The Labute approximate surface area is 116 Å². The van der Waals surface area contributed by atoms with Crippen LogP contribution in [0.4, 0.5) is 21.5 Å². The maximum Gasteiger partial charge on any atom is 0.274 e. The summed E-state index contributed by atoms with van der Waals surface area (Å²) >= 11 is 0. The zero-order chi connectivity index (χ0) is 14.7. The standard InChI is InChI=1S/C15H15FN2O2/c1-3-17(13-6-4-5-11(2)7-13)14-8-12(16)9-15(10-14)18(19)20/h4-10H,3H2,1-2H3. The second-order valence-corrected chi connectivity index (χ2v) is 4.51. The Morgan fingerprint density at radius 2 is 1.95 bits per heavy atom. The molecule has 0 bridgehead atoms. The molecule has 0 heterocycles. The largest absolute Gasteiger partial charge is 0.341 e. The van der Waals surface area contributed by atoms with E-state index in [1.165, 1.54) is 12.1 Å². The molecule has 0 aliphatic heterocycles. The van der Waals surface area contributed by atoms with E-state index in [0.29, 0.717) is 12.2 Å². The summed E-state index contributed by atoms with van der Waals surface area (Å²) in [5.74, 6) is -0.611. The maximum absolute atomic E-state index is 13.5. The molecule has 0 amide bonds. The van der Waals surface area contributed by atoms with E-state index in [1.807, 2.05) is 43.0 Å². The molecule has 0 saturated carbocycles. The fourth-order valence-corrected chi connectivity index (χ4v) is 2.13. The van der Waals surface area contributed by atoms with E-state index in [1.54, 1.807) is 0 Å². The third kappa shape index (κ3) is 2.93. The van der Waals surface area contributed by atoms with Crippen molar-refractivity contribution in [2.45, 2.75) is 13.8 Å². The Kier molecular flexibility index (Phi) is 3.98. The first-order valence-electron chi connectivity index (χ1n) is 6.30. The highest BCUT2D eigenvalue weighted by molar-refractivity contribution is 5.66. The van der Waals surface area contributed by atoms with Gasteiger partial charge in [0.1, 0.15) is 5.82 Å². The van der Waals surface area contributed by atoms with Gasteiger partial charge >= 0.3 is 0 Å². The molecule has 0 fully saturated rings. The van der Waals surface area contributed by atoms with Gasteiger partial charge in [0.2, 0.25) is 0 Å². The van der Waals surface area contributed by atoms with Crippen LogP contribution in [0.2, 0.25) is 0 Å². The molecule has 0 unspecified atom stereocenters. The lowest BCUT2D eigenvalue weighted by Gasteiger charge is -2.23. The average molecular weight is 274 g/mol. The van der Waals surface area contributed by atoms with Crippen LogP contribution in [0.25, 0.3) is 0 Å². The summed E-state index contributed by atoms with van der Waals surface area (Å²) in [4.78, 5) is 12.1. The molecule has 0 atom stereocenters. The number of aryl methyl sites for hydroxylation is 1. The number of anilines is 2. The van der Waals surface area contributed by atoms with Gasteiger partial charge < -0.3 is 4.90 Å². The Hall–Kier alpha value is -2.43. The van der Waals surface area contributed by atoms with Gasteiger partial charge in [-0.1, -0.05) is 12.1 Å². The molecular weight excluding hydrogens is 259 g/mol. The molecule has 2 aromatic rings. The number of hydrogen-bond acceptors (Lipinski definition) is 3. The molecule has 0 aromatic heterocycles. The Morgan fingerprint density at radius 3 is 2.55 bits per heavy atom. The van der Waals surface area contributed by atoms with Gasteiger partial charge in [-0.2, -0.15) is 0 Å². The van der Waals surface area contributed by atoms with E-state index < -0.39 is 10.7 Å². The van der Waals surface area contributed by atoms with Crippen molar-refractivity contribution in [1.29, 1.82) is 0 Å². The molecule has 5 heteroatoms. The predicted molar refractivity (Wildman–Crippen MR) is 76.9 cm³/mol. The average Bonchev–Trinajstić information content (AvgIpc) is 2.39. The zero-order valence-electron chi connectivity index (χ0n) is 11.3. The van der Waals surface area contributed by atoms with Crippen LogP contribution >= 0.6 is 0 Å². The van der Waals surface area contributed by atoms with Crippen LogP contribution in [0.5, 0.6) is 0 Å². The monoisotopic (exact) mass is 274 g/mol. The predicted octanol–water partition coefficient (Wildman–Crippen LogP) is 4.20. The van der Waals surface area contributed by atoms with E-state index in [9.17, 15) is 14.5 Å². The molecule has 0 spiro atoms. The molecule has 0 aliphatic rings. The van der Waals surface area contributed by atoms with Crippen molar-refractivity contribution in [3.63, 3.8) is 0 Å². The topological polar surface area (TPSA) is 46.4 Å². The molecule has 20 heavy (non-hydrogen) atoms. The fourth-order valence-electron chi connectivity index (χ4n) is 2.13. The second kappa shape index (κ2) is 5.69. The van der Waals surface area contributed by atoms with Crippen LogP contribution in [0.3, 0.4) is 0 Å². The molecule has 0 N–H and O–H groups in total. The summed E-state index contributed by atoms with van der Waals surface area (Å²) in [6, 6.07) is 11.3. The number of benzene rings is 2. The second-order valence-electron chi connectivity index (χ2n) is 4.51. The van der Waals surface area contributed by atoms with Crippen LogP contribution < -0.4 is 4.90 Å². The van der Waals surface area contributed by atoms with Crippen molar-refractivity contribution < 1.29 is 9.31 Å². The van der Waals surface area contributed by atoms with Crippen LogP contribution in [-0.2, 0) is 0 Å². The summed E-state index contributed by atoms with van der Waals surface area (Å²) in [7, 11) is 0. The van der Waals surface area contributed by atoms with Crippen LogP contribution in [0, 0.1) is 22.9 Å². The normalized spacial score (nSPS) is 10.3. The van der Waals surface area contributed by atoms with E-state index in [-0.39, 0.29) is 5.69 Å². The minimum absolute atomic E-state index is 0.244. The van der Waals surface area contributed by atoms with Gasteiger partial charge in [0, 0.05) is 18.3 Å². The lowest BCUT2D eigenvalue weighted by molar-refractivity contribution is -0.385. The molecular formula is C15H15FN2O2. The number of non-ortho nitro benzene ring substituents is 1. The molecule has 0 aliphatic carbocycles. The van der Waals surface area contributed by atoms with Crippen molar-refractivity contribution in [2.24, 2.45) is 0 Å². The van der Waals surface area contributed by atoms with Gasteiger partial charge in [0.15, 0.2) is 0 Å². The highest BCUT2D eigenvalue weighted by atomic mass is 19.1. The van der Waals surface area contributed by atoms with Crippen molar-refractivity contribution in [3.8, 4) is 0 Å². The lowest BCUT2D eigenvalue weighted by atomic mass is 10.2. The number of nitro benzene ring substituents is 1. The van der Waals surface area contributed by atoms with Gasteiger partial charge in [0.25, 0.3) is 5.69 Å². The van der Waals surface area contributed by atoms with Crippen molar-refractivity contribution in [2.75, 3.05) is 11.4 Å². The first kappa shape index (κ1) is 14.0. The third-order valence-electron chi connectivity index (χ3n) is 3.02. The number of rotatable bonds is 4. The SMILES string of the molecule is CCN(c1cccc(C)c1)c1cc(F)cc([N+](=O)[O-])c1. The van der Waals surface area contributed by atoms with E-state index in [0.717, 1.165) is 17.3 Å². The van der Waals surface area contributed by atoms with Crippen LogP contribution in [-0.4, -0.2) is 11.5 Å². The number of halogens is 1. The van der Waals surface area contributed by atoms with Gasteiger partial charge in [-0.05, 0) is 37.6 Å². The van der Waals surface area contributed by atoms with Crippen LogP contribution in [0.1, 0.15) is 12.5 Å².